The highest BCUT2D eigenvalue weighted by molar-refractivity contribution is 5.66. The quantitative estimate of drug-likeness (QED) is 0.286. The van der Waals surface area contributed by atoms with Crippen molar-refractivity contribution in [1.29, 1.82) is 0 Å². The number of hydrogen-bond acceptors (Lipinski definition) is 2. The number of carbonyl (C=O) groups excluding carboxylic acids is 1. The molecular formula is C32H54O2. The summed E-state index contributed by atoms with van der Waals surface area (Å²) in [5.41, 5.74) is 4.86. The molecule has 0 N–H and O–H groups in total. The standard InChI is InChI=1S/C32H54O2/c1-10-21(2)11-12-22(3)24-15-19-32(9)26-13-14-27-29(5,6)28(34-23(4)33)17-18-30(27,7)25(26)16-20-31(24,32)8/h21-22,24,27-28H,10-20H2,1-9H3/t21?,22-,24?,27?,28-,30+,31+,32-/m0/s1. The van der Waals surface area contributed by atoms with Crippen LogP contribution in [0.4, 0.5) is 0 Å². The van der Waals surface area contributed by atoms with Gasteiger partial charge in [0.1, 0.15) is 6.10 Å². The zero-order valence-corrected chi connectivity index (χ0v) is 24.0. The van der Waals surface area contributed by atoms with Crippen molar-refractivity contribution >= 4 is 5.97 Å². The second-order valence-corrected chi connectivity index (χ2v) is 14.4. The van der Waals surface area contributed by atoms with Crippen molar-refractivity contribution in [2.45, 2.75) is 139 Å². The molecule has 0 saturated heterocycles. The average molecular weight is 471 g/mol. The molecule has 2 heteroatoms. The molecule has 0 bridgehead atoms. The van der Waals surface area contributed by atoms with Gasteiger partial charge in [-0.15, -0.1) is 0 Å². The van der Waals surface area contributed by atoms with Crippen LogP contribution in [0, 0.1) is 45.3 Å². The lowest BCUT2D eigenvalue weighted by Gasteiger charge is -2.62. The summed E-state index contributed by atoms with van der Waals surface area (Å²) < 4.78 is 5.87. The lowest BCUT2D eigenvalue weighted by atomic mass is 9.43. The third kappa shape index (κ3) is 3.83. The number of esters is 1. The molecule has 0 spiro atoms. The molecule has 194 valence electrons. The van der Waals surface area contributed by atoms with Gasteiger partial charge in [0.25, 0.3) is 0 Å². The van der Waals surface area contributed by atoms with Crippen molar-refractivity contribution in [3.05, 3.63) is 11.1 Å². The van der Waals surface area contributed by atoms with E-state index in [-0.39, 0.29) is 22.9 Å². The molecule has 0 heterocycles. The van der Waals surface area contributed by atoms with Crippen LogP contribution >= 0.6 is 0 Å². The van der Waals surface area contributed by atoms with E-state index in [0.717, 1.165) is 24.2 Å². The minimum Gasteiger partial charge on any atom is -0.462 e. The van der Waals surface area contributed by atoms with E-state index >= 15 is 0 Å². The number of allylic oxidation sites excluding steroid dienone is 2. The van der Waals surface area contributed by atoms with Crippen molar-refractivity contribution in [2.24, 2.45) is 45.3 Å². The maximum absolute atomic E-state index is 11.8. The van der Waals surface area contributed by atoms with Gasteiger partial charge in [0.2, 0.25) is 0 Å². The van der Waals surface area contributed by atoms with E-state index in [9.17, 15) is 4.79 Å². The van der Waals surface area contributed by atoms with Crippen molar-refractivity contribution in [3.63, 3.8) is 0 Å². The molecule has 0 aromatic heterocycles. The SMILES string of the molecule is CCC(C)CC[C@H](C)C1CC[C@@]2(C)C3=C(CC[C@]12C)[C@@]1(C)CC[C@H](OC(C)=O)C(C)(C)C1CC3. The van der Waals surface area contributed by atoms with Gasteiger partial charge in [-0.25, -0.2) is 0 Å². The molecule has 2 fully saturated rings. The summed E-state index contributed by atoms with van der Waals surface area (Å²) >= 11 is 0. The Morgan fingerprint density at radius 2 is 1.65 bits per heavy atom. The van der Waals surface area contributed by atoms with E-state index < -0.39 is 0 Å². The summed E-state index contributed by atoms with van der Waals surface area (Å²) in [6.45, 7) is 21.6. The van der Waals surface area contributed by atoms with Crippen LogP contribution in [0.15, 0.2) is 11.1 Å². The summed E-state index contributed by atoms with van der Waals surface area (Å²) in [4.78, 5) is 11.8. The van der Waals surface area contributed by atoms with Gasteiger partial charge in [0.05, 0.1) is 0 Å². The normalized spacial score (nSPS) is 42.9. The monoisotopic (exact) mass is 470 g/mol. The molecule has 0 aliphatic heterocycles. The fourth-order valence-electron chi connectivity index (χ4n) is 9.98. The summed E-state index contributed by atoms with van der Waals surface area (Å²) in [5.74, 6) is 3.07. The van der Waals surface area contributed by atoms with Crippen molar-refractivity contribution < 1.29 is 9.53 Å². The highest BCUT2D eigenvalue weighted by atomic mass is 16.5. The molecule has 3 unspecified atom stereocenters. The van der Waals surface area contributed by atoms with Gasteiger partial charge in [0, 0.05) is 12.3 Å². The van der Waals surface area contributed by atoms with E-state index in [0.29, 0.717) is 16.7 Å². The van der Waals surface area contributed by atoms with Gasteiger partial charge in [0.15, 0.2) is 0 Å². The molecule has 0 aromatic carbocycles. The van der Waals surface area contributed by atoms with Crippen LogP contribution in [0.3, 0.4) is 0 Å². The molecule has 8 atom stereocenters. The molecular weight excluding hydrogens is 416 g/mol. The van der Waals surface area contributed by atoms with Gasteiger partial charge in [-0.2, -0.15) is 0 Å². The van der Waals surface area contributed by atoms with E-state index in [1.807, 2.05) is 11.1 Å². The summed E-state index contributed by atoms with van der Waals surface area (Å²) in [6.07, 6.45) is 14.4. The molecule has 2 nitrogen and oxygen atoms in total. The van der Waals surface area contributed by atoms with Crippen molar-refractivity contribution in [3.8, 4) is 0 Å². The highest BCUT2D eigenvalue weighted by Gasteiger charge is 2.63. The van der Waals surface area contributed by atoms with Crippen LogP contribution in [0.5, 0.6) is 0 Å². The van der Waals surface area contributed by atoms with E-state index in [2.05, 4.69) is 55.4 Å². The largest absolute Gasteiger partial charge is 0.462 e. The van der Waals surface area contributed by atoms with E-state index in [1.165, 1.54) is 64.2 Å². The maximum Gasteiger partial charge on any atom is 0.302 e. The second kappa shape index (κ2) is 8.95. The van der Waals surface area contributed by atoms with Gasteiger partial charge < -0.3 is 4.74 Å². The van der Waals surface area contributed by atoms with Gasteiger partial charge in [-0.3, -0.25) is 4.79 Å². The smallest absolute Gasteiger partial charge is 0.302 e. The number of carbonyl (C=O) groups is 1. The highest BCUT2D eigenvalue weighted by Crippen LogP contribution is 2.72. The summed E-state index contributed by atoms with van der Waals surface area (Å²) in [5, 5.41) is 0. The van der Waals surface area contributed by atoms with Crippen LogP contribution in [0.1, 0.15) is 133 Å². The minimum atomic E-state index is -0.113. The molecule has 0 radical (unpaired) electrons. The Labute approximate surface area is 211 Å². The number of hydrogen-bond donors (Lipinski definition) is 0. The fraction of sp³-hybridized carbons (Fsp3) is 0.906. The van der Waals surface area contributed by atoms with E-state index in [4.69, 9.17) is 4.74 Å². The van der Waals surface area contributed by atoms with Crippen LogP contribution in [-0.4, -0.2) is 12.1 Å². The first-order chi connectivity index (χ1) is 15.8. The lowest BCUT2D eigenvalue weighted by molar-refractivity contribution is -0.167. The second-order valence-electron chi connectivity index (χ2n) is 14.4. The zero-order chi connectivity index (χ0) is 25.1. The Hall–Kier alpha value is -0.790. The van der Waals surface area contributed by atoms with Gasteiger partial charge >= 0.3 is 5.97 Å². The number of fused-ring (bicyclic) bond motifs is 4. The average Bonchev–Trinajstić information content (AvgIpc) is 3.05. The Morgan fingerprint density at radius 1 is 0.941 bits per heavy atom. The predicted molar refractivity (Wildman–Crippen MR) is 142 cm³/mol. The van der Waals surface area contributed by atoms with E-state index in [1.54, 1.807) is 6.92 Å². The van der Waals surface area contributed by atoms with Crippen LogP contribution in [-0.2, 0) is 9.53 Å². The third-order valence-electron chi connectivity index (χ3n) is 12.6. The van der Waals surface area contributed by atoms with Crippen LogP contribution in [0.2, 0.25) is 0 Å². The molecule has 4 aliphatic rings. The first kappa shape index (κ1) is 26.3. The summed E-state index contributed by atoms with van der Waals surface area (Å²) in [7, 11) is 0. The topological polar surface area (TPSA) is 26.3 Å². The molecule has 34 heavy (non-hydrogen) atoms. The Balaban J connectivity index is 1.62. The molecule has 4 aliphatic carbocycles. The summed E-state index contributed by atoms with van der Waals surface area (Å²) in [6, 6.07) is 0. The molecule has 2 saturated carbocycles. The Kier molecular flexibility index (Phi) is 6.92. The molecule has 4 rings (SSSR count). The Morgan fingerprint density at radius 3 is 2.29 bits per heavy atom. The molecule has 0 amide bonds. The van der Waals surface area contributed by atoms with Gasteiger partial charge in [-0.1, -0.05) is 85.8 Å². The lowest BCUT2D eigenvalue weighted by Crippen LogP contribution is -2.55. The number of rotatable bonds is 6. The Bertz CT molecular complexity index is 823. The molecule has 0 aromatic rings. The van der Waals surface area contributed by atoms with Crippen LogP contribution in [0.25, 0.3) is 0 Å². The van der Waals surface area contributed by atoms with Crippen molar-refractivity contribution in [1.82, 2.24) is 0 Å². The third-order valence-corrected chi connectivity index (χ3v) is 12.6. The number of ether oxygens (including phenoxy) is 1. The first-order valence-electron chi connectivity index (χ1n) is 14.7. The maximum atomic E-state index is 11.8. The van der Waals surface area contributed by atoms with Crippen LogP contribution < -0.4 is 0 Å². The first-order valence-corrected chi connectivity index (χ1v) is 14.7. The van der Waals surface area contributed by atoms with Crippen molar-refractivity contribution in [2.75, 3.05) is 0 Å². The minimum absolute atomic E-state index is 0.0432. The van der Waals surface area contributed by atoms with Gasteiger partial charge in [-0.05, 0) is 91.3 Å². The zero-order valence-electron chi connectivity index (χ0n) is 24.0. The predicted octanol–water partition coefficient (Wildman–Crippen LogP) is 9.13. The fourth-order valence-corrected chi connectivity index (χ4v) is 9.98.